The number of aromatic nitrogens is 3. The van der Waals surface area contributed by atoms with E-state index in [0.717, 1.165) is 16.2 Å². The summed E-state index contributed by atoms with van der Waals surface area (Å²) in [5.41, 5.74) is 5.89. The number of thioether (sulfide) groups is 1. The van der Waals surface area contributed by atoms with Crippen LogP contribution in [0, 0.1) is 0 Å². The van der Waals surface area contributed by atoms with Crippen molar-refractivity contribution in [3.63, 3.8) is 0 Å². The minimum Gasteiger partial charge on any atom is -0.543 e. The first kappa shape index (κ1) is 28.4. The fraction of sp³-hybridized carbons (Fsp3) is 0.211. The van der Waals surface area contributed by atoms with Gasteiger partial charge in [-0.2, -0.15) is 0 Å². The van der Waals surface area contributed by atoms with Gasteiger partial charge in [0.1, 0.15) is 40.9 Å². The number of carboxylic acids is 1. The molecule has 2 atom stereocenters. The molecular weight excluding hydrogens is 564 g/mol. The Morgan fingerprint density at radius 3 is 2.61 bits per heavy atom. The molecule has 2 aliphatic heterocycles. The molecule has 2 amide bonds. The summed E-state index contributed by atoms with van der Waals surface area (Å²) in [5.74, 6) is -2.71. The Morgan fingerprint density at radius 1 is 1.33 bits per heavy atom. The van der Waals surface area contributed by atoms with Crippen LogP contribution in [0.1, 0.15) is 11.3 Å². The van der Waals surface area contributed by atoms with Crippen LogP contribution in [0.15, 0.2) is 34.2 Å². The molecule has 0 unspecified atom stereocenters. The SMILES string of the molecule is CO/N=C(\C(=O)N[C@@H]1C(=O)N2C(C(=O)[O-])=C(/C=C\c3c(Cl)ncnc3Cl)CS[C@H]12)c1csc(N)n1.[Na+]. The zero-order valence-corrected chi connectivity index (χ0v) is 23.7. The van der Waals surface area contributed by atoms with E-state index in [1.54, 1.807) is 0 Å². The van der Waals surface area contributed by atoms with E-state index < -0.39 is 29.2 Å². The first-order chi connectivity index (χ1) is 16.7. The normalized spacial score (nSPS) is 19.5. The summed E-state index contributed by atoms with van der Waals surface area (Å²) in [7, 11) is 1.25. The second kappa shape index (κ2) is 11.9. The van der Waals surface area contributed by atoms with Crippen molar-refractivity contribution in [2.75, 3.05) is 18.6 Å². The number of carbonyl (C=O) groups is 3. The summed E-state index contributed by atoms with van der Waals surface area (Å²) in [6, 6.07) is -1.00. The van der Waals surface area contributed by atoms with E-state index in [9.17, 15) is 19.5 Å². The molecule has 2 aromatic heterocycles. The van der Waals surface area contributed by atoms with Crippen LogP contribution in [0.2, 0.25) is 10.3 Å². The van der Waals surface area contributed by atoms with Gasteiger partial charge in [-0.15, -0.1) is 23.1 Å². The van der Waals surface area contributed by atoms with Crippen LogP contribution in [0.4, 0.5) is 5.13 Å². The van der Waals surface area contributed by atoms with E-state index >= 15 is 0 Å². The first-order valence-corrected chi connectivity index (χ1v) is 12.3. The number of carbonyl (C=O) groups excluding carboxylic acids is 3. The van der Waals surface area contributed by atoms with Gasteiger partial charge in [-0.25, -0.2) is 15.0 Å². The van der Waals surface area contributed by atoms with Crippen molar-refractivity contribution >= 4 is 81.0 Å². The zero-order valence-electron chi connectivity index (χ0n) is 18.6. The molecule has 17 heteroatoms. The molecule has 0 spiro atoms. The number of thiazole rings is 1. The number of β-lactam (4-membered cyclic amide) rings is 1. The smallest absolute Gasteiger partial charge is 0.543 e. The predicted octanol–water partition coefficient (Wildman–Crippen LogP) is -2.71. The van der Waals surface area contributed by atoms with E-state index in [-0.39, 0.29) is 67.9 Å². The summed E-state index contributed by atoms with van der Waals surface area (Å²) >= 11 is 14.4. The van der Waals surface area contributed by atoms with Gasteiger partial charge in [-0.1, -0.05) is 34.4 Å². The molecule has 36 heavy (non-hydrogen) atoms. The fourth-order valence-electron chi connectivity index (χ4n) is 3.34. The van der Waals surface area contributed by atoms with E-state index in [1.165, 1.54) is 42.7 Å². The average Bonchev–Trinajstić information content (AvgIpc) is 3.25. The van der Waals surface area contributed by atoms with Gasteiger partial charge >= 0.3 is 29.6 Å². The number of nitrogens with two attached hydrogens (primary N) is 1. The maximum atomic E-state index is 12.9. The van der Waals surface area contributed by atoms with Gasteiger partial charge in [-0.3, -0.25) is 14.5 Å². The Labute approximate surface area is 244 Å². The number of nitrogens with one attached hydrogen (secondary N) is 1. The maximum Gasteiger partial charge on any atom is 1.00 e. The number of nitrogens with zero attached hydrogens (tertiary/aromatic N) is 5. The monoisotopic (exact) mass is 577 g/mol. The number of hydrogen-bond donors (Lipinski definition) is 2. The Morgan fingerprint density at radius 2 is 2.03 bits per heavy atom. The molecule has 0 aromatic carbocycles. The van der Waals surface area contributed by atoms with Gasteiger partial charge < -0.3 is 25.8 Å². The third kappa shape index (κ3) is 5.54. The summed E-state index contributed by atoms with van der Waals surface area (Å²) in [5, 5.41) is 19.4. The summed E-state index contributed by atoms with van der Waals surface area (Å²) in [6.45, 7) is 0. The molecule has 0 aliphatic carbocycles. The Balaban J connectivity index is 0.00000361. The Bertz CT molecular complexity index is 1300. The molecule has 0 saturated carbocycles. The number of halogens is 2. The van der Waals surface area contributed by atoms with Gasteiger partial charge in [0.25, 0.3) is 11.8 Å². The third-order valence-corrected chi connectivity index (χ3v) is 7.46. The number of allylic oxidation sites excluding steroid dienone is 1. The fourth-order valence-corrected chi connectivity index (χ4v) is 5.64. The minimum absolute atomic E-state index is 0. The summed E-state index contributed by atoms with van der Waals surface area (Å²) in [6.07, 6.45) is 4.11. The van der Waals surface area contributed by atoms with Crippen LogP contribution >= 0.6 is 46.3 Å². The van der Waals surface area contributed by atoms with Gasteiger partial charge in [-0.05, 0) is 11.6 Å². The molecule has 4 rings (SSSR count). The largest absolute Gasteiger partial charge is 1.00 e. The van der Waals surface area contributed by atoms with Crippen molar-refractivity contribution in [3.8, 4) is 0 Å². The second-order valence-electron chi connectivity index (χ2n) is 6.92. The first-order valence-electron chi connectivity index (χ1n) is 9.59. The number of hydrogen-bond acceptors (Lipinski definition) is 12. The molecular formula is C19H14Cl2N7NaO5S2. The Hall–Kier alpha value is -2.20. The van der Waals surface area contributed by atoms with Crippen molar-refractivity contribution in [1.29, 1.82) is 0 Å². The summed E-state index contributed by atoms with van der Waals surface area (Å²) < 4.78 is 0. The van der Waals surface area contributed by atoms with Crippen molar-refractivity contribution < 1.29 is 53.9 Å². The number of fused-ring (bicyclic) bond motifs is 1. The van der Waals surface area contributed by atoms with Crippen LogP contribution in [0.3, 0.4) is 0 Å². The minimum atomic E-state index is -1.55. The molecule has 0 radical (unpaired) electrons. The average molecular weight is 578 g/mol. The van der Waals surface area contributed by atoms with Gasteiger partial charge in [0, 0.05) is 16.7 Å². The maximum absolute atomic E-state index is 12.9. The van der Waals surface area contributed by atoms with Crippen LogP contribution in [0.25, 0.3) is 6.08 Å². The van der Waals surface area contributed by atoms with Crippen molar-refractivity contribution in [2.45, 2.75) is 11.4 Å². The number of oxime groups is 1. The molecule has 2 aliphatic rings. The van der Waals surface area contributed by atoms with Crippen molar-refractivity contribution in [1.82, 2.24) is 25.2 Å². The molecule has 0 bridgehead atoms. The Kier molecular flexibility index (Phi) is 9.38. The molecule has 2 aromatic rings. The number of rotatable bonds is 7. The topological polar surface area (TPSA) is 176 Å². The van der Waals surface area contributed by atoms with Crippen LogP contribution in [-0.4, -0.2) is 67.6 Å². The van der Waals surface area contributed by atoms with Gasteiger partial charge in [0.05, 0.1) is 11.7 Å². The van der Waals surface area contributed by atoms with E-state index in [1.807, 2.05) is 0 Å². The van der Waals surface area contributed by atoms with E-state index in [0.29, 0.717) is 11.1 Å². The molecule has 182 valence electrons. The molecule has 1 fully saturated rings. The van der Waals surface area contributed by atoms with Crippen LogP contribution in [0.5, 0.6) is 0 Å². The molecule has 3 N–H and O–H groups in total. The predicted molar refractivity (Wildman–Crippen MR) is 128 cm³/mol. The summed E-state index contributed by atoms with van der Waals surface area (Å²) in [4.78, 5) is 55.1. The molecule has 1 saturated heterocycles. The number of amides is 2. The number of aliphatic carboxylic acids is 1. The number of anilines is 1. The van der Waals surface area contributed by atoms with Crippen molar-refractivity contribution in [3.05, 3.63) is 50.6 Å². The van der Waals surface area contributed by atoms with E-state index in [4.69, 9.17) is 33.8 Å². The number of nitrogen functional groups attached to an aromatic ring is 1. The number of carboxylic acid groups (broad SMARTS) is 1. The van der Waals surface area contributed by atoms with Crippen LogP contribution in [-0.2, 0) is 19.2 Å². The molecule has 4 heterocycles. The third-order valence-electron chi connectivity index (χ3n) is 4.88. The molecule has 12 nitrogen and oxygen atoms in total. The zero-order chi connectivity index (χ0) is 25.3. The second-order valence-corrected chi connectivity index (χ2v) is 9.63. The van der Waals surface area contributed by atoms with Crippen LogP contribution < -0.4 is 45.7 Å². The van der Waals surface area contributed by atoms with Gasteiger partial charge in [0.2, 0.25) is 0 Å². The van der Waals surface area contributed by atoms with Gasteiger partial charge in [0.15, 0.2) is 10.8 Å². The quantitative estimate of drug-likeness (QED) is 0.116. The van der Waals surface area contributed by atoms with E-state index in [2.05, 4.69) is 25.4 Å². The standard InChI is InChI=1S/C19H15Cl2N7O5S2.Na/c1-33-27-10(9-5-35-19(22)25-9)15(29)26-11-16(30)28-12(18(31)32)7(4-34-17(11)28)2-3-8-13(20)23-6-24-14(8)21;/h2-3,5-6,11,17H,4H2,1H3,(H2,22,25)(H,26,29)(H,31,32);/q;+1/p-1/b3-2-,27-10-;/t11-,17-;/m1./s1. The van der Waals surface area contributed by atoms with Crippen molar-refractivity contribution in [2.24, 2.45) is 5.16 Å².